The van der Waals surface area contributed by atoms with Crippen molar-refractivity contribution >= 4 is 40.5 Å². The number of fused-ring (bicyclic) bond motifs is 1. The second-order valence-electron chi connectivity index (χ2n) is 5.82. The number of aromatic nitrogens is 1. The summed E-state index contributed by atoms with van der Waals surface area (Å²) in [5.74, 6) is -0.400. The van der Waals surface area contributed by atoms with E-state index >= 15 is 0 Å². The third-order valence-electron chi connectivity index (χ3n) is 3.91. The van der Waals surface area contributed by atoms with Gasteiger partial charge < -0.3 is 14.2 Å². The Morgan fingerprint density at radius 1 is 1.04 bits per heavy atom. The normalized spacial score (nSPS) is 11.1. The minimum absolute atomic E-state index is 0.231. The summed E-state index contributed by atoms with van der Waals surface area (Å²) in [5, 5.41) is 13.6. The van der Waals surface area contributed by atoms with E-state index in [9.17, 15) is 14.9 Å². The van der Waals surface area contributed by atoms with E-state index in [0.29, 0.717) is 22.8 Å². The van der Waals surface area contributed by atoms with E-state index in [2.05, 4.69) is 10.3 Å². The second kappa shape index (κ2) is 7.20. The lowest BCUT2D eigenvalue weighted by Crippen LogP contribution is -1.95. The maximum absolute atomic E-state index is 12.2. The van der Waals surface area contributed by atoms with Gasteiger partial charge in [0.2, 0.25) is 0 Å². The Morgan fingerprint density at radius 2 is 1.82 bits per heavy atom. The SMILES string of the molecule is O=C(/C=C/c1ccc([N+](=O)[O-])o1)c1ccc(Nc2nc3ccccc3o2)cc1. The number of rotatable bonds is 6. The van der Waals surface area contributed by atoms with Crippen molar-refractivity contribution in [1.82, 2.24) is 4.98 Å². The number of furan rings is 1. The summed E-state index contributed by atoms with van der Waals surface area (Å²) in [6, 6.07) is 17.2. The number of para-hydroxylation sites is 2. The van der Waals surface area contributed by atoms with Crippen molar-refractivity contribution in [3.8, 4) is 0 Å². The van der Waals surface area contributed by atoms with Gasteiger partial charge in [0.25, 0.3) is 6.01 Å². The summed E-state index contributed by atoms with van der Waals surface area (Å²) in [7, 11) is 0. The van der Waals surface area contributed by atoms with Gasteiger partial charge in [-0.3, -0.25) is 14.9 Å². The van der Waals surface area contributed by atoms with Gasteiger partial charge in [-0.25, -0.2) is 0 Å². The van der Waals surface area contributed by atoms with Gasteiger partial charge in [-0.05, 0) is 54.6 Å². The second-order valence-corrected chi connectivity index (χ2v) is 5.82. The summed E-state index contributed by atoms with van der Waals surface area (Å²) in [4.78, 5) is 26.5. The quantitative estimate of drug-likeness (QED) is 0.219. The molecule has 8 nitrogen and oxygen atoms in total. The largest absolute Gasteiger partial charge is 0.433 e. The number of hydrogen-bond acceptors (Lipinski definition) is 7. The highest BCUT2D eigenvalue weighted by Crippen LogP contribution is 2.22. The third kappa shape index (κ3) is 3.65. The molecule has 0 unspecified atom stereocenters. The average molecular weight is 375 g/mol. The van der Waals surface area contributed by atoms with Crippen molar-refractivity contribution in [3.63, 3.8) is 0 Å². The van der Waals surface area contributed by atoms with Crippen LogP contribution in [0.2, 0.25) is 0 Å². The summed E-state index contributed by atoms with van der Waals surface area (Å²) >= 11 is 0. The van der Waals surface area contributed by atoms with Gasteiger partial charge >= 0.3 is 5.88 Å². The Kier molecular flexibility index (Phi) is 4.43. The van der Waals surface area contributed by atoms with Crippen LogP contribution in [0.5, 0.6) is 0 Å². The van der Waals surface area contributed by atoms with Crippen LogP contribution in [0.25, 0.3) is 17.2 Å². The van der Waals surface area contributed by atoms with Crippen molar-refractivity contribution in [1.29, 1.82) is 0 Å². The number of nitrogens with one attached hydrogen (secondary N) is 1. The predicted molar refractivity (Wildman–Crippen MR) is 102 cm³/mol. The summed E-state index contributed by atoms with van der Waals surface area (Å²) < 4.78 is 10.6. The molecule has 0 amide bonds. The Balaban J connectivity index is 1.43. The molecule has 4 aromatic rings. The molecule has 4 rings (SSSR count). The van der Waals surface area contributed by atoms with Crippen molar-refractivity contribution in [2.45, 2.75) is 0 Å². The van der Waals surface area contributed by atoms with E-state index in [4.69, 9.17) is 8.83 Å². The molecule has 0 spiro atoms. The molecule has 0 aliphatic rings. The molecule has 28 heavy (non-hydrogen) atoms. The smallest absolute Gasteiger partial charge is 0.423 e. The Labute approximate surface area is 158 Å². The van der Waals surface area contributed by atoms with Crippen LogP contribution >= 0.6 is 0 Å². The van der Waals surface area contributed by atoms with E-state index in [1.165, 1.54) is 24.3 Å². The Hall–Kier alpha value is -4.20. The topological polar surface area (TPSA) is 111 Å². The monoisotopic (exact) mass is 375 g/mol. The lowest BCUT2D eigenvalue weighted by atomic mass is 10.1. The van der Waals surface area contributed by atoms with Crippen molar-refractivity contribution in [3.05, 3.63) is 88.2 Å². The number of carbonyl (C=O) groups is 1. The van der Waals surface area contributed by atoms with Gasteiger partial charge in [-0.2, -0.15) is 4.98 Å². The Morgan fingerprint density at radius 3 is 2.54 bits per heavy atom. The first-order valence-corrected chi connectivity index (χ1v) is 8.28. The highest BCUT2D eigenvalue weighted by atomic mass is 16.6. The van der Waals surface area contributed by atoms with Gasteiger partial charge in [0.05, 0.1) is 6.07 Å². The fourth-order valence-electron chi connectivity index (χ4n) is 2.55. The van der Waals surface area contributed by atoms with Gasteiger partial charge in [-0.15, -0.1) is 0 Å². The number of allylic oxidation sites excluding steroid dienone is 1. The maximum atomic E-state index is 12.2. The number of benzene rings is 2. The van der Waals surface area contributed by atoms with Crippen molar-refractivity contribution < 1.29 is 18.6 Å². The molecule has 2 aromatic carbocycles. The van der Waals surface area contributed by atoms with Crippen LogP contribution in [0.1, 0.15) is 16.1 Å². The third-order valence-corrected chi connectivity index (χ3v) is 3.91. The minimum atomic E-state index is -0.637. The lowest BCUT2D eigenvalue weighted by molar-refractivity contribution is -0.402. The van der Waals surface area contributed by atoms with E-state index < -0.39 is 4.92 Å². The molecule has 0 radical (unpaired) electrons. The zero-order valence-electron chi connectivity index (χ0n) is 14.4. The molecule has 0 aliphatic carbocycles. The van der Waals surface area contributed by atoms with Crippen LogP contribution in [-0.4, -0.2) is 15.7 Å². The highest BCUT2D eigenvalue weighted by molar-refractivity contribution is 6.06. The number of oxazole rings is 1. The van der Waals surface area contributed by atoms with E-state index in [1.54, 1.807) is 24.3 Å². The highest BCUT2D eigenvalue weighted by Gasteiger charge is 2.11. The Bertz CT molecular complexity index is 1160. The van der Waals surface area contributed by atoms with Gasteiger partial charge in [0.15, 0.2) is 11.4 Å². The first kappa shape index (κ1) is 17.2. The molecule has 0 bridgehead atoms. The fourth-order valence-corrected chi connectivity index (χ4v) is 2.55. The molecule has 0 atom stereocenters. The first-order valence-electron chi connectivity index (χ1n) is 8.28. The first-order chi connectivity index (χ1) is 13.6. The summed E-state index contributed by atoms with van der Waals surface area (Å²) in [5.41, 5.74) is 2.61. The molecular weight excluding hydrogens is 362 g/mol. The molecule has 0 fully saturated rings. The zero-order chi connectivity index (χ0) is 19.5. The van der Waals surface area contributed by atoms with Crippen LogP contribution < -0.4 is 5.32 Å². The van der Waals surface area contributed by atoms with Crippen molar-refractivity contribution in [2.24, 2.45) is 0 Å². The average Bonchev–Trinajstić information content (AvgIpc) is 3.33. The zero-order valence-corrected chi connectivity index (χ0v) is 14.4. The van der Waals surface area contributed by atoms with Crippen LogP contribution in [0.4, 0.5) is 17.6 Å². The number of ketones is 1. The maximum Gasteiger partial charge on any atom is 0.433 e. The molecule has 0 aliphatic heterocycles. The van der Waals surface area contributed by atoms with Crippen molar-refractivity contribution in [2.75, 3.05) is 5.32 Å². The van der Waals surface area contributed by atoms with E-state index in [1.807, 2.05) is 24.3 Å². The number of nitrogens with zero attached hydrogens (tertiary/aromatic N) is 2. The summed E-state index contributed by atoms with van der Waals surface area (Å²) in [6.45, 7) is 0. The predicted octanol–water partition coefficient (Wildman–Crippen LogP) is 4.97. The van der Waals surface area contributed by atoms with Gasteiger partial charge in [0.1, 0.15) is 16.2 Å². The number of hydrogen-bond donors (Lipinski definition) is 1. The standard InChI is InChI=1S/C20H13N3O5/c24-17(11-9-15-10-12-19(27-15)23(25)26)13-5-7-14(8-6-13)21-20-22-16-3-1-2-4-18(16)28-20/h1-12H,(H,21,22)/b11-9+. The van der Waals surface area contributed by atoms with E-state index in [0.717, 1.165) is 5.52 Å². The molecular formula is C20H13N3O5. The van der Waals surface area contributed by atoms with Gasteiger partial charge in [-0.1, -0.05) is 12.1 Å². The van der Waals surface area contributed by atoms with Crippen LogP contribution in [0.3, 0.4) is 0 Å². The molecule has 0 saturated carbocycles. The van der Waals surface area contributed by atoms with Crippen LogP contribution in [-0.2, 0) is 0 Å². The number of anilines is 2. The molecule has 1 N–H and O–H groups in total. The molecule has 0 saturated heterocycles. The fraction of sp³-hybridized carbons (Fsp3) is 0. The number of carbonyl (C=O) groups excluding carboxylic acids is 1. The van der Waals surface area contributed by atoms with Crippen LogP contribution in [0, 0.1) is 10.1 Å². The van der Waals surface area contributed by atoms with E-state index in [-0.39, 0.29) is 17.4 Å². The molecule has 2 aromatic heterocycles. The minimum Gasteiger partial charge on any atom is -0.423 e. The molecule has 8 heteroatoms. The van der Waals surface area contributed by atoms with Crippen LogP contribution in [0.15, 0.2) is 75.6 Å². The number of nitro groups is 1. The molecule has 138 valence electrons. The lowest BCUT2D eigenvalue weighted by Gasteiger charge is -2.02. The van der Waals surface area contributed by atoms with Gasteiger partial charge in [0, 0.05) is 11.3 Å². The summed E-state index contributed by atoms with van der Waals surface area (Å²) in [6.07, 6.45) is 2.69. The molecule has 2 heterocycles.